The fraction of sp³-hybridized carbons (Fsp3) is 0.250. The predicted molar refractivity (Wildman–Crippen MR) is 89.8 cm³/mol. The van der Waals surface area contributed by atoms with Crippen LogP contribution in [-0.4, -0.2) is 8.42 Å². The van der Waals surface area contributed by atoms with Crippen molar-refractivity contribution >= 4 is 26.0 Å². The van der Waals surface area contributed by atoms with Gasteiger partial charge >= 0.3 is 6.18 Å². The summed E-state index contributed by atoms with van der Waals surface area (Å²) in [6.45, 7) is 1.67. The topological polar surface area (TPSA) is 46.2 Å². The number of rotatable bonds is 5. The first-order valence-electron chi connectivity index (χ1n) is 6.98. The Morgan fingerprint density at radius 3 is 2.42 bits per heavy atom. The van der Waals surface area contributed by atoms with Crippen LogP contribution in [0.15, 0.2) is 53.0 Å². The smallest absolute Gasteiger partial charge is 0.212 e. The summed E-state index contributed by atoms with van der Waals surface area (Å²) in [4.78, 5) is 0. The van der Waals surface area contributed by atoms with Crippen LogP contribution in [0, 0.1) is 0 Å². The standard InChI is InChI=1S/C16H15BrF3NO2S/c1-11(13-5-3-7-15(17)9-13)21-24(22,23)10-12-4-2-6-14(8-12)16(18,19)20/h2-9,11,21H,10H2,1H3/t11-/m0/s1. The molecular formula is C16H15BrF3NO2S. The molecule has 0 saturated carbocycles. The van der Waals surface area contributed by atoms with E-state index in [-0.39, 0.29) is 5.56 Å². The molecule has 2 rings (SSSR count). The Kier molecular flexibility index (Phi) is 5.72. The van der Waals surface area contributed by atoms with E-state index >= 15 is 0 Å². The summed E-state index contributed by atoms with van der Waals surface area (Å²) in [5.41, 5.74) is -0.0361. The first kappa shape index (κ1) is 19.0. The summed E-state index contributed by atoms with van der Waals surface area (Å²) in [5.74, 6) is -0.519. The largest absolute Gasteiger partial charge is 0.416 e. The van der Waals surface area contributed by atoms with E-state index in [0.717, 1.165) is 22.2 Å². The van der Waals surface area contributed by atoms with Crippen molar-refractivity contribution in [1.82, 2.24) is 4.72 Å². The van der Waals surface area contributed by atoms with E-state index in [0.29, 0.717) is 0 Å². The molecule has 8 heteroatoms. The molecule has 2 aromatic rings. The van der Waals surface area contributed by atoms with Crippen LogP contribution < -0.4 is 4.72 Å². The molecule has 0 aliphatic heterocycles. The summed E-state index contributed by atoms with van der Waals surface area (Å²) in [5, 5.41) is 0. The van der Waals surface area contributed by atoms with Gasteiger partial charge in [0.2, 0.25) is 10.0 Å². The summed E-state index contributed by atoms with van der Waals surface area (Å²) in [7, 11) is -3.79. The van der Waals surface area contributed by atoms with Gasteiger partial charge in [0.1, 0.15) is 0 Å². The average molecular weight is 422 g/mol. The summed E-state index contributed by atoms with van der Waals surface area (Å²) in [6, 6.07) is 10.9. The van der Waals surface area contributed by atoms with Gasteiger partial charge in [-0.15, -0.1) is 0 Å². The minimum atomic E-state index is -4.50. The zero-order chi connectivity index (χ0) is 18.0. The van der Waals surface area contributed by atoms with Gasteiger partial charge in [-0.05, 0) is 36.2 Å². The molecule has 2 aromatic carbocycles. The Hall–Kier alpha value is -1.38. The highest BCUT2D eigenvalue weighted by Crippen LogP contribution is 2.30. The van der Waals surface area contributed by atoms with Crippen molar-refractivity contribution in [1.29, 1.82) is 0 Å². The zero-order valence-electron chi connectivity index (χ0n) is 12.6. The number of sulfonamides is 1. The zero-order valence-corrected chi connectivity index (χ0v) is 15.0. The third kappa shape index (κ3) is 5.32. The highest BCUT2D eigenvalue weighted by Gasteiger charge is 2.30. The maximum absolute atomic E-state index is 12.7. The number of alkyl halides is 3. The molecule has 24 heavy (non-hydrogen) atoms. The predicted octanol–water partition coefficient (Wildman–Crippen LogP) is 4.65. The number of benzene rings is 2. The third-order valence-electron chi connectivity index (χ3n) is 3.32. The molecule has 0 amide bonds. The van der Waals surface area contributed by atoms with Gasteiger partial charge < -0.3 is 0 Å². The van der Waals surface area contributed by atoms with Gasteiger partial charge in [0.15, 0.2) is 0 Å². The molecule has 0 heterocycles. The molecule has 0 radical (unpaired) electrons. The van der Waals surface area contributed by atoms with E-state index in [4.69, 9.17) is 0 Å². The van der Waals surface area contributed by atoms with Gasteiger partial charge in [0.25, 0.3) is 0 Å². The first-order chi connectivity index (χ1) is 11.1. The fourth-order valence-corrected chi connectivity index (χ4v) is 4.01. The van der Waals surface area contributed by atoms with Crippen LogP contribution in [0.2, 0.25) is 0 Å². The maximum atomic E-state index is 12.7. The number of halogens is 4. The van der Waals surface area contributed by atoms with E-state index in [1.165, 1.54) is 12.1 Å². The lowest BCUT2D eigenvalue weighted by Crippen LogP contribution is -2.28. The monoisotopic (exact) mass is 421 g/mol. The molecule has 0 spiro atoms. The molecule has 0 aliphatic carbocycles. The van der Waals surface area contributed by atoms with Crippen molar-refractivity contribution in [3.63, 3.8) is 0 Å². The van der Waals surface area contributed by atoms with Crippen LogP contribution in [0.3, 0.4) is 0 Å². The lowest BCUT2D eigenvalue weighted by Gasteiger charge is -2.15. The van der Waals surface area contributed by atoms with Crippen molar-refractivity contribution in [3.8, 4) is 0 Å². The van der Waals surface area contributed by atoms with Gasteiger partial charge in [-0.1, -0.05) is 46.3 Å². The fourth-order valence-electron chi connectivity index (χ4n) is 2.21. The molecule has 0 fully saturated rings. The lowest BCUT2D eigenvalue weighted by molar-refractivity contribution is -0.137. The van der Waals surface area contributed by atoms with Crippen molar-refractivity contribution in [2.45, 2.75) is 24.9 Å². The Labute approximate surface area is 147 Å². The van der Waals surface area contributed by atoms with Gasteiger partial charge in [0.05, 0.1) is 11.3 Å². The van der Waals surface area contributed by atoms with Crippen LogP contribution in [0.25, 0.3) is 0 Å². The van der Waals surface area contributed by atoms with E-state index < -0.39 is 33.6 Å². The van der Waals surface area contributed by atoms with Crippen LogP contribution >= 0.6 is 15.9 Å². The van der Waals surface area contributed by atoms with E-state index in [2.05, 4.69) is 20.7 Å². The Bertz CT molecular complexity index is 822. The minimum absolute atomic E-state index is 0.0822. The number of hydrogen-bond donors (Lipinski definition) is 1. The second-order valence-electron chi connectivity index (χ2n) is 5.35. The molecule has 1 N–H and O–H groups in total. The maximum Gasteiger partial charge on any atom is 0.416 e. The molecule has 0 aliphatic rings. The minimum Gasteiger partial charge on any atom is -0.212 e. The second kappa shape index (κ2) is 7.25. The van der Waals surface area contributed by atoms with E-state index in [9.17, 15) is 21.6 Å². The molecule has 0 saturated heterocycles. The van der Waals surface area contributed by atoms with Crippen molar-refractivity contribution in [2.24, 2.45) is 0 Å². The van der Waals surface area contributed by atoms with Gasteiger partial charge in [-0.3, -0.25) is 0 Å². The van der Waals surface area contributed by atoms with Crippen LogP contribution in [-0.2, 0) is 22.0 Å². The van der Waals surface area contributed by atoms with Crippen LogP contribution in [0.1, 0.15) is 29.7 Å². The summed E-state index contributed by atoms with van der Waals surface area (Å²) >= 11 is 3.31. The van der Waals surface area contributed by atoms with Crippen LogP contribution in [0.4, 0.5) is 13.2 Å². The van der Waals surface area contributed by atoms with Gasteiger partial charge in [-0.25, -0.2) is 13.1 Å². The van der Waals surface area contributed by atoms with Gasteiger partial charge in [0, 0.05) is 10.5 Å². The molecule has 0 bridgehead atoms. The van der Waals surface area contributed by atoms with Crippen molar-refractivity contribution in [3.05, 3.63) is 69.7 Å². The Morgan fingerprint density at radius 2 is 1.79 bits per heavy atom. The molecule has 0 unspecified atom stereocenters. The van der Waals surface area contributed by atoms with Crippen molar-refractivity contribution < 1.29 is 21.6 Å². The normalized spacial score (nSPS) is 13.7. The summed E-state index contributed by atoms with van der Waals surface area (Å²) in [6.07, 6.45) is -4.50. The summed E-state index contributed by atoms with van der Waals surface area (Å²) < 4.78 is 65.8. The van der Waals surface area contributed by atoms with E-state index in [1.807, 2.05) is 6.07 Å². The lowest BCUT2D eigenvalue weighted by atomic mass is 10.1. The second-order valence-corrected chi connectivity index (χ2v) is 8.02. The Balaban J connectivity index is 2.14. The Morgan fingerprint density at radius 1 is 1.12 bits per heavy atom. The van der Waals surface area contributed by atoms with Gasteiger partial charge in [-0.2, -0.15) is 13.2 Å². The third-order valence-corrected chi connectivity index (χ3v) is 5.24. The number of nitrogens with one attached hydrogen (secondary N) is 1. The van der Waals surface area contributed by atoms with Crippen LogP contribution in [0.5, 0.6) is 0 Å². The SMILES string of the molecule is C[C@H](NS(=O)(=O)Cc1cccc(C(F)(F)F)c1)c1cccc(Br)c1. The average Bonchev–Trinajstić information content (AvgIpc) is 2.45. The van der Waals surface area contributed by atoms with Crippen molar-refractivity contribution in [2.75, 3.05) is 0 Å². The molecule has 1 atom stereocenters. The molecule has 130 valence electrons. The van der Waals surface area contributed by atoms with E-state index in [1.54, 1.807) is 25.1 Å². The quantitative estimate of drug-likeness (QED) is 0.763. The molecular weight excluding hydrogens is 407 g/mol. The molecule has 0 aromatic heterocycles. The highest BCUT2D eigenvalue weighted by molar-refractivity contribution is 9.10. The first-order valence-corrected chi connectivity index (χ1v) is 9.43. The highest BCUT2D eigenvalue weighted by atomic mass is 79.9. The molecule has 3 nitrogen and oxygen atoms in total. The number of hydrogen-bond acceptors (Lipinski definition) is 2.